The molecule has 0 aliphatic carbocycles. The van der Waals surface area contributed by atoms with Crippen LogP contribution in [0.15, 0.2) is 34.7 Å². The minimum Gasteiger partial charge on any atom is -0.459 e. The topological polar surface area (TPSA) is 25.2 Å². The first kappa shape index (κ1) is 12.2. The predicted molar refractivity (Wildman–Crippen MR) is 72.1 cm³/mol. The van der Waals surface area contributed by atoms with Gasteiger partial charge in [0, 0.05) is 5.39 Å². The third-order valence-corrected chi connectivity index (χ3v) is 3.39. The van der Waals surface area contributed by atoms with Crippen LogP contribution in [-0.4, -0.2) is 6.54 Å². The predicted octanol–water partition coefficient (Wildman–Crippen LogP) is 4.13. The summed E-state index contributed by atoms with van der Waals surface area (Å²) in [7, 11) is 0. The molecule has 2 atom stereocenters. The zero-order valence-electron chi connectivity index (χ0n) is 10.9. The van der Waals surface area contributed by atoms with E-state index in [1.165, 1.54) is 5.39 Å². The van der Waals surface area contributed by atoms with Crippen LogP contribution in [0.1, 0.15) is 39.0 Å². The molecule has 0 aliphatic rings. The average molecular weight is 231 g/mol. The van der Waals surface area contributed by atoms with E-state index in [1.54, 1.807) is 0 Å². The molecule has 0 spiro atoms. The van der Waals surface area contributed by atoms with E-state index >= 15 is 0 Å². The van der Waals surface area contributed by atoms with Crippen molar-refractivity contribution in [1.29, 1.82) is 0 Å². The molecule has 0 radical (unpaired) electrons. The summed E-state index contributed by atoms with van der Waals surface area (Å²) in [5.41, 5.74) is 0.980. The van der Waals surface area contributed by atoms with Crippen molar-refractivity contribution in [3.63, 3.8) is 0 Å². The number of rotatable bonds is 5. The molecule has 2 rings (SSSR count). The van der Waals surface area contributed by atoms with Crippen LogP contribution < -0.4 is 5.32 Å². The lowest BCUT2D eigenvalue weighted by Crippen LogP contribution is -2.26. The molecule has 2 aromatic rings. The van der Waals surface area contributed by atoms with Crippen molar-refractivity contribution >= 4 is 11.0 Å². The molecule has 2 heteroatoms. The summed E-state index contributed by atoms with van der Waals surface area (Å²) in [6, 6.07) is 10.7. The zero-order chi connectivity index (χ0) is 12.3. The third-order valence-electron chi connectivity index (χ3n) is 3.39. The fourth-order valence-corrected chi connectivity index (χ4v) is 2.19. The van der Waals surface area contributed by atoms with Gasteiger partial charge in [-0.2, -0.15) is 0 Å². The van der Waals surface area contributed by atoms with Crippen LogP contribution in [0.3, 0.4) is 0 Å². The van der Waals surface area contributed by atoms with Gasteiger partial charge in [-0.1, -0.05) is 45.4 Å². The van der Waals surface area contributed by atoms with Gasteiger partial charge in [0.25, 0.3) is 0 Å². The van der Waals surface area contributed by atoms with Gasteiger partial charge in [0.05, 0.1) is 6.04 Å². The van der Waals surface area contributed by atoms with E-state index in [1.807, 2.05) is 18.2 Å². The fraction of sp³-hybridized carbons (Fsp3) is 0.467. The second kappa shape index (κ2) is 5.37. The molecule has 1 N–H and O–H groups in total. The number of fused-ring (bicyclic) bond motifs is 1. The Bertz CT molecular complexity index is 441. The molecule has 0 amide bonds. The molecule has 1 aromatic heterocycles. The van der Waals surface area contributed by atoms with E-state index in [2.05, 4.69) is 38.2 Å². The monoisotopic (exact) mass is 231 g/mol. The number of furan rings is 1. The third kappa shape index (κ3) is 2.52. The van der Waals surface area contributed by atoms with E-state index in [0.29, 0.717) is 12.0 Å². The summed E-state index contributed by atoms with van der Waals surface area (Å²) in [5.74, 6) is 1.64. The van der Waals surface area contributed by atoms with Crippen molar-refractivity contribution in [2.24, 2.45) is 5.92 Å². The largest absolute Gasteiger partial charge is 0.459 e. The van der Waals surface area contributed by atoms with Crippen LogP contribution in [0.4, 0.5) is 0 Å². The van der Waals surface area contributed by atoms with Crippen molar-refractivity contribution in [3.8, 4) is 0 Å². The molecule has 2 nitrogen and oxygen atoms in total. The van der Waals surface area contributed by atoms with Crippen LogP contribution >= 0.6 is 0 Å². The normalized spacial score (nSPS) is 15.0. The van der Waals surface area contributed by atoms with Crippen LogP contribution in [-0.2, 0) is 0 Å². The van der Waals surface area contributed by atoms with Gasteiger partial charge in [0.15, 0.2) is 0 Å². The summed E-state index contributed by atoms with van der Waals surface area (Å²) in [5, 5.41) is 4.71. The van der Waals surface area contributed by atoms with Gasteiger partial charge in [-0.25, -0.2) is 0 Å². The maximum Gasteiger partial charge on any atom is 0.134 e. The zero-order valence-corrected chi connectivity index (χ0v) is 10.9. The van der Waals surface area contributed by atoms with Gasteiger partial charge in [-0.05, 0) is 24.6 Å². The van der Waals surface area contributed by atoms with E-state index in [9.17, 15) is 0 Å². The summed E-state index contributed by atoms with van der Waals surface area (Å²) >= 11 is 0. The summed E-state index contributed by atoms with van der Waals surface area (Å²) < 4.78 is 5.94. The number of nitrogens with one attached hydrogen (secondary N) is 1. The number of hydrogen-bond acceptors (Lipinski definition) is 2. The Kier molecular flexibility index (Phi) is 3.85. The SMILES string of the molecule is CCNC(c1cc2ccccc2o1)C(C)CC. The Labute approximate surface area is 103 Å². The first-order valence-electron chi connectivity index (χ1n) is 6.48. The molecule has 0 bridgehead atoms. The van der Waals surface area contributed by atoms with Crippen molar-refractivity contribution in [2.45, 2.75) is 33.2 Å². The number of hydrogen-bond donors (Lipinski definition) is 1. The molecular weight excluding hydrogens is 210 g/mol. The minimum absolute atomic E-state index is 0.317. The van der Waals surface area contributed by atoms with E-state index in [0.717, 1.165) is 24.3 Å². The molecule has 0 saturated carbocycles. The lowest BCUT2D eigenvalue weighted by atomic mass is 9.97. The standard InChI is InChI=1S/C15H21NO/c1-4-11(3)15(16-5-2)14-10-12-8-6-7-9-13(12)17-14/h6-11,15-16H,4-5H2,1-3H3. The highest BCUT2D eigenvalue weighted by Gasteiger charge is 2.20. The fourth-order valence-electron chi connectivity index (χ4n) is 2.19. The molecule has 0 aliphatic heterocycles. The second-order valence-electron chi connectivity index (χ2n) is 4.61. The first-order chi connectivity index (χ1) is 8.26. The lowest BCUT2D eigenvalue weighted by Gasteiger charge is -2.21. The molecule has 1 heterocycles. The second-order valence-corrected chi connectivity index (χ2v) is 4.61. The molecule has 2 unspecified atom stereocenters. The Morgan fingerprint density at radius 2 is 2.00 bits per heavy atom. The average Bonchev–Trinajstić information content (AvgIpc) is 2.78. The molecule has 92 valence electrons. The van der Waals surface area contributed by atoms with Crippen molar-refractivity contribution < 1.29 is 4.42 Å². The van der Waals surface area contributed by atoms with Crippen LogP contribution in [0, 0.1) is 5.92 Å². The highest BCUT2D eigenvalue weighted by molar-refractivity contribution is 5.77. The maximum absolute atomic E-state index is 5.94. The van der Waals surface area contributed by atoms with Crippen molar-refractivity contribution in [2.75, 3.05) is 6.54 Å². The van der Waals surface area contributed by atoms with Crippen molar-refractivity contribution in [1.82, 2.24) is 5.32 Å². The van der Waals surface area contributed by atoms with Gasteiger partial charge in [0.1, 0.15) is 11.3 Å². The lowest BCUT2D eigenvalue weighted by molar-refractivity contribution is 0.331. The smallest absolute Gasteiger partial charge is 0.134 e. The maximum atomic E-state index is 5.94. The van der Waals surface area contributed by atoms with Gasteiger partial charge in [0.2, 0.25) is 0 Å². The van der Waals surface area contributed by atoms with Gasteiger partial charge < -0.3 is 9.73 Å². The molecule has 1 aromatic carbocycles. The quantitative estimate of drug-likeness (QED) is 0.837. The number of para-hydroxylation sites is 1. The van der Waals surface area contributed by atoms with Crippen molar-refractivity contribution in [3.05, 3.63) is 36.1 Å². The molecule has 0 fully saturated rings. The van der Waals surface area contributed by atoms with Crippen LogP contribution in [0.2, 0.25) is 0 Å². The summed E-state index contributed by atoms with van der Waals surface area (Å²) in [4.78, 5) is 0. The summed E-state index contributed by atoms with van der Waals surface area (Å²) in [6.45, 7) is 7.59. The van der Waals surface area contributed by atoms with Crippen LogP contribution in [0.5, 0.6) is 0 Å². The first-order valence-corrected chi connectivity index (χ1v) is 6.48. The van der Waals surface area contributed by atoms with Gasteiger partial charge >= 0.3 is 0 Å². The molecular formula is C15H21NO. The minimum atomic E-state index is 0.317. The van der Waals surface area contributed by atoms with Crippen LogP contribution in [0.25, 0.3) is 11.0 Å². The highest BCUT2D eigenvalue weighted by Crippen LogP contribution is 2.29. The molecule has 17 heavy (non-hydrogen) atoms. The molecule has 0 saturated heterocycles. The van der Waals surface area contributed by atoms with Gasteiger partial charge in [-0.3, -0.25) is 0 Å². The Morgan fingerprint density at radius 3 is 2.65 bits per heavy atom. The van der Waals surface area contributed by atoms with E-state index in [4.69, 9.17) is 4.42 Å². The van der Waals surface area contributed by atoms with E-state index < -0.39 is 0 Å². The van der Waals surface area contributed by atoms with E-state index in [-0.39, 0.29) is 0 Å². The Morgan fingerprint density at radius 1 is 1.24 bits per heavy atom. The Hall–Kier alpha value is -1.28. The summed E-state index contributed by atoms with van der Waals surface area (Å²) in [6.07, 6.45) is 1.15. The highest BCUT2D eigenvalue weighted by atomic mass is 16.3. The van der Waals surface area contributed by atoms with Gasteiger partial charge in [-0.15, -0.1) is 0 Å². The Balaban J connectivity index is 2.34. The number of benzene rings is 1.